The number of hydrogen-bond donors (Lipinski definition) is 1. The van der Waals surface area contributed by atoms with Crippen molar-refractivity contribution in [2.75, 3.05) is 51.3 Å². The molecule has 0 bridgehead atoms. The van der Waals surface area contributed by atoms with Crippen molar-refractivity contribution >= 4 is 11.6 Å². The average molecular weight is 545 g/mol. The lowest BCUT2D eigenvalue weighted by Gasteiger charge is -2.47. The minimum Gasteiger partial charge on any atom is -0.496 e. The summed E-state index contributed by atoms with van der Waals surface area (Å²) < 4.78 is 19.8. The highest BCUT2D eigenvalue weighted by Crippen LogP contribution is 2.29. The van der Waals surface area contributed by atoms with Crippen molar-refractivity contribution in [2.45, 2.75) is 38.4 Å². The predicted molar refractivity (Wildman–Crippen MR) is 158 cm³/mol. The number of methoxy groups -OCH3 is 1. The van der Waals surface area contributed by atoms with E-state index in [1.54, 1.807) is 19.2 Å². The van der Waals surface area contributed by atoms with Crippen LogP contribution >= 0.6 is 0 Å². The Balaban J connectivity index is 1.20. The fourth-order valence-corrected chi connectivity index (χ4v) is 6.30. The highest BCUT2D eigenvalue weighted by molar-refractivity contribution is 5.75. The summed E-state index contributed by atoms with van der Waals surface area (Å²) in [7, 11) is 1.65. The fourth-order valence-electron chi connectivity index (χ4n) is 6.30. The molecule has 3 aromatic carbocycles. The lowest BCUT2D eigenvalue weighted by Crippen LogP contribution is -2.56. The number of benzene rings is 3. The molecule has 40 heavy (non-hydrogen) atoms. The van der Waals surface area contributed by atoms with Crippen molar-refractivity contribution in [2.24, 2.45) is 5.92 Å². The fraction of sp³-hybridized carbons (Fsp3) is 0.424. The molecule has 2 aliphatic heterocycles. The number of nitrogens with one attached hydrogen (secondary N) is 1. The Hall–Kier alpha value is -3.42. The van der Waals surface area contributed by atoms with E-state index in [-0.39, 0.29) is 11.7 Å². The van der Waals surface area contributed by atoms with E-state index >= 15 is 0 Å². The highest BCUT2D eigenvalue weighted by Gasteiger charge is 2.35. The van der Waals surface area contributed by atoms with Gasteiger partial charge in [-0.15, -0.1) is 0 Å². The zero-order chi connectivity index (χ0) is 27.7. The van der Waals surface area contributed by atoms with Gasteiger partial charge >= 0.3 is 0 Å². The van der Waals surface area contributed by atoms with Gasteiger partial charge in [0.2, 0.25) is 5.91 Å². The topological polar surface area (TPSA) is 48.1 Å². The molecule has 0 spiro atoms. The quantitative estimate of drug-likeness (QED) is 0.392. The number of halogens is 1. The Morgan fingerprint density at radius 1 is 0.925 bits per heavy atom. The maximum absolute atomic E-state index is 14.4. The van der Waals surface area contributed by atoms with E-state index in [2.05, 4.69) is 50.3 Å². The van der Waals surface area contributed by atoms with Gasteiger partial charge in [-0.2, -0.15) is 0 Å². The largest absolute Gasteiger partial charge is 0.496 e. The van der Waals surface area contributed by atoms with Crippen LogP contribution in [-0.4, -0.2) is 68.1 Å². The Morgan fingerprint density at radius 3 is 2.42 bits per heavy atom. The molecule has 2 fully saturated rings. The zero-order valence-electron chi connectivity index (χ0n) is 23.5. The van der Waals surface area contributed by atoms with E-state index in [9.17, 15) is 9.18 Å². The maximum atomic E-state index is 14.4. The number of carbonyl (C=O) groups excluding carboxylic acids is 1. The summed E-state index contributed by atoms with van der Waals surface area (Å²) in [5.41, 5.74) is 3.01. The molecule has 0 aliphatic carbocycles. The van der Waals surface area contributed by atoms with Gasteiger partial charge in [0.15, 0.2) is 0 Å². The molecule has 0 aromatic heterocycles. The van der Waals surface area contributed by atoms with Gasteiger partial charge in [0.05, 0.1) is 12.8 Å². The van der Waals surface area contributed by atoms with Crippen LogP contribution in [0.2, 0.25) is 0 Å². The van der Waals surface area contributed by atoms with Gasteiger partial charge in [0.1, 0.15) is 11.6 Å². The number of likely N-dealkylation sites (tertiary alicyclic amines) is 1. The molecule has 212 valence electrons. The summed E-state index contributed by atoms with van der Waals surface area (Å²) >= 11 is 0. The van der Waals surface area contributed by atoms with Crippen LogP contribution in [0, 0.1) is 11.7 Å². The number of ether oxygens (including phenoxy) is 1. The number of nitrogens with zero attached hydrogens (tertiary/aromatic N) is 3. The van der Waals surface area contributed by atoms with Gasteiger partial charge in [-0.05, 0) is 49.1 Å². The summed E-state index contributed by atoms with van der Waals surface area (Å²) in [6.45, 7) is 6.88. The molecule has 0 unspecified atom stereocenters. The minimum atomic E-state index is -0.151. The van der Waals surface area contributed by atoms with Crippen LogP contribution in [0.25, 0.3) is 0 Å². The van der Waals surface area contributed by atoms with E-state index in [1.165, 1.54) is 5.56 Å². The molecule has 5 rings (SSSR count). The molecule has 0 saturated carbocycles. The van der Waals surface area contributed by atoms with Crippen LogP contribution in [0.1, 0.15) is 30.4 Å². The third-order valence-electron chi connectivity index (χ3n) is 8.41. The van der Waals surface area contributed by atoms with Gasteiger partial charge in [-0.25, -0.2) is 4.39 Å². The number of para-hydroxylation sites is 2. The monoisotopic (exact) mass is 544 g/mol. The molecule has 2 saturated heterocycles. The van der Waals surface area contributed by atoms with Gasteiger partial charge in [0.25, 0.3) is 0 Å². The smallest absolute Gasteiger partial charge is 0.220 e. The Labute approximate surface area is 237 Å². The molecule has 1 N–H and O–H groups in total. The summed E-state index contributed by atoms with van der Waals surface area (Å²) in [6, 6.07) is 25.9. The van der Waals surface area contributed by atoms with E-state index in [4.69, 9.17) is 4.74 Å². The van der Waals surface area contributed by atoms with Gasteiger partial charge < -0.3 is 15.0 Å². The van der Waals surface area contributed by atoms with Crippen molar-refractivity contribution in [3.8, 4) is 5.75 Å². The van der Waals surface area contributed by atoms with Crippen LogP contribution in [0.15, 0.2) is 78.9 Å². The first-order valence-corrected chi connectivity index (χ1v) is 14.5. The predicted octanol–water partition coefficient (Wildman–Crippen LogP) is 4.94. The van der Waals surface area contributed by atoms with Gasteiger partial charge in [-0.3, -0.25) is 14.6 Å². The Kier molecular flexibility index (Phi) is 9.68. The molecule has 6 nitrogen and oxygen atoms in total. The molecule has 2 atom stereocenters. The SMILES string of the molecule is COc1ccccc1CNC(=O)CC[C@H]1CN(Cc2ccccc2)CC[C@H]1N1CCN(c2ccccc2F)CC1. The van der Waals surface area contributed by atoms with Crippen LogP contribution in [0.5, 0.6) is 5.75 Å². The molecule has 7 heteroatoms. The summed E-state index contributed by atoms with van der Waals surface area (Å²) in [4.78, 5) is 20.2. The van der Waals surface area contributed by atoms with E-state index in [1.807, 2.05) is 36.4 Å². The Morgan fingerprint density at radius 2 is 1.65 bits per heavy atom. The molecule has 3 aromatic rings. The molecular weight excluding hydrogens is 503 g/mol. The molecule has 0 radical (unpaired) electrons. The minimum absolute atomic E-state index is 0.0780. The first-order valence-electron chi connectivity index (χ1n) is 14.5. The average Bonchev–Trinajstić information content (AvgIpc) is 3.00. The number of piperidine rings is 1. The molecule has 2 aliphatic rings. The number of carbonyl (C=O) groups is 1. The van der Waals surface area contributed by atoms with Crippen molar-refractivity contribution < 1.29 is 13.9 Å². The third kappa shape index (κ3) is 7.20. The van der Waals surface area contributed by atoms with Gasteiger partial charge in [-0.1, -0.05) is 60.7 Å². The van der Waals surface area contributed by atoms with Crippen LogP contribution in [-0.2, 0) is 17.9 Å². The second kappa shape index (κ2) is 13.8. The molecule has 2 heterocycles. The lowest BCUT2D eigenvalue weighted by atomic mass is 9.86. The second-order valence-electron chi connectivity index (χ2n) is 10.9. The van der Waals surface area contributed by atoms with Crippen molar-refractivity contribution in [1.29, 1.82) is 0 Å². The zero-order valence-corrected chi connectivity index (χ0v) is 23.5. The number of piperazine rings is 1. The summed E-state index contributed by atoms with van der Waals surface area (Å²) in [5.74, 6) is 1.12. The van der Waals surface area contributed by atoms with E-state index < -0.39 is 0 Å². The second-order valence-corrected chi connectivity index (χ2v) is 10.9. The number of anilines is 1. The van der Waals surface area contributed by atoms with Crippen LogP contribution < -0.4 is 15.0 Å². The maximum Gasteiger partial charge on any atom is 0.220 e. The number of rotatable bonds is 10. The van der Waals surface area contributed by atoms with Gasteiger partial charge in [0, 0.05) is 63.8 Å². The van der Waals surface area contributed by atoms with Crippen molar-refractivity contribution in [1.82, 2.24) is 15.1 Å². The van der Waals surface area contributed by atoms with E-state index in [0.717, 1.165) is 70.0 Å². The van der Waals surface area contributed by atoms with Crippen molar-refractivity contribution in [3.63, 3.8) is 0 Å². The van der Waals surface area contributed by atoms with E-state index in [0.29, 0.717) is 30.6 Å². The normalized spacial score (nSPS) is 20.3. The first kappa shape index (κ1) is 28.1. The van der Waals surface area contributed by atoms with Crippen LogP contribution in [0.4, 0.5) is 10.1 Å². The first-order chi connectivity index (χ1) is 19.6. The molecular formula is C33H41FN4O2. The summed E-state index contributed by atoms with van der Waals surface area (Å²) in [5, 5.41) is 3.10. The number of hydrogen-bond acceptors (Lipinski definition) is 5. The highest BCUT2D eigenvalue weighted by atomic mass is 19.1. The Bertz CT molecular complexity index is 1230. The van der Waals surface area contributed by atoms with Crippen LogP contribution in [0.3, 0.4) is 0 Å². The van der Waals surface area contributed by atoms with Crippen molar-refractivity contribution in [3.05, 3.63) is 95.8 Å². The molecule has 1 amide bonds. The third-order valence-corrected chi connectivity index (χ3v) is 8.41. The standard InChI is InChI=1S/C33H41FN4O2/c1-40-32-14-8-5-11-27(32)23-35-33(39)16-15-28-25-36(24-26-9-3-2-4-10-26)18-17-30(28)37-19-21-38(22-20-37)31-13-7-6-12-29(31)34/h2-14,28,30H,15-25H2,1H3,(H,35,39)/t28-,30+/m0/s1. The summed E-state index contributed by atoms with van der Waals surface area (Å²) in [6.07, 6.45) is 2.44. The number of amides is 1. The lowest BCUT2D eigenvalue weighted by molar-refractivity contribution is -0.121.